The molecule has 7 heteroatoms. The van der Waals surface area contributed by atoms with E-state index in [0.717, 1.165) is 0 Å². The van der Waals surface area contributed by atoms with Crippen molar-refractivity contribution in [1.29, 1.82) is 5.26 Å². The molecule has 0 radical (unpaired) electrons. The molecule has 1 aromatic carbocycles. The van der Waals surface area contributed by atoms with Crippen molar-refractivity contribution in [3.05, 3.63) is 47.5 Å². The molecule has 1 N–H and O–H groups in total. The maximum Gasteiger partial charge on any atom is 0.221 e. The minimum absolute atomic E-state index is 0.179. The van der Waals surface area contributed by atoms with Crippen LogP contribution in [0.3, 0.4) is 0 Å². The third-order valence-electron chi connectivity index (χ3n) is 2.87. The van der Waals surface area contributed by atoms with Gasteiger partial charge in [0.1, 0.15) is 18.7 Å². The number of rotatable bonds is 6. The van der Waals surface area contributed by atoms with E-state index in [4.69, 9.17) is 16.9 Å². The minimum Gasteiger partial charge on any atom is -0.337 e. The number of hydrogen-bond acceptors (Lipinski definition) is 4. The molecule has 2 rings (SSSR count). The number of carbonyl (C=O) groups is 1. The number of halogens is 1. The van der Waals surface area contributed by atoms with Crippen LogP contribution >= 0.6 is 11.6 Å². The van der Waals surface area contributed by atoms with Crippen LogP contribution in [0.2, 0.25) is 5.02 Å². The van der Waals surface area contributed by atoms with E-state index in [9.17, 15) is 4.79 Å². The first-order chi connectivity index (χ1) is 10.2. The van der Waals surface area contributed by atoms with Crippen LogP contribution < -0.4 is 5.32 Å². The number of nitrogens with one attached hydrogen (secondary N) is 1. The van der Waals surface area contributed by atoms with E-state index in [0.29, 0.717) is 30.0 Å². The van der Waals surface area contributed by atoms with Gasteiger partial charge in [0.25, 0.3) is 0 Å². The van der Waals surface area contributed by atoms with Crippen LogP contribution in [0.4, 0.5) is 0 Å². The molecule has 1 amide bonds. The predicted octanol–water partition coefficient (Wildman–Crippen LogP) is 2.09. The number of aromatic nitrogens is 3. The van der Waals surface area contributed by atoms with Gasteiger partial charge in [0.2, 0.25) is 5.91 Å². The van der Waals surface area contributed by atoms with Crippen molar-refractivity contribution in [3.8, 4) is 6.07 Å². The van der Waals surface area contributed by atoms with Gasteiger partial charge in [0, 0.05) is 18.0 Å². The van der Waals surface area contributed by atoms with Crippen molar-refractivity contribution in [2.75, 3.05) is 0 Å². The van der Waals surface area contributed by atoms with Crippen molar-refractivity contribution in [2.45, 2.75) is 25.4 Å². The molecular weight excluding hydrogens is 290 g/mol. The van der Waals surface area contributed by atoms with Gasteiger partial charge in [0.15, 0.2) is 0 Å². The number of nitriles is 1. The summed E-state index contributed by atoms with van der Waals surface area (Å²) < 4.78 is 1.66. The summed E-state index contributed by atoms with van der Waals surface area (Å²) in [6.45, 7) is 0.613. The molecular formula is C14H14ClN5O. The molecule has 0 bridgehead atoms. The van der Waals surface area contributed by atoms with Gasteiger partial charge in [-0.2, -0.15) is 10.4 Å². The third-order valence-corrected chi connectivity index (χ3v) is 3.11. The van der Waals surface area contributed by atoms with Gasteiger partial charge in [-0.1, -0.05) is 23.7 Å². The first-order valence-corrected chi connectivity index (χ1v) is 6.83. The van der Waals surface area contributed by atoms with E-state index in [1.807, 2.05) is 0 Å². The van der Waals surface area contributed by atoms with Gasteiger partial charge < -0.3 is 5.32 Å². The zero-order valence-electron chi connectivity index (χ0n) is 11.2. The smallest absolute Gasteiger partial charge is 0.221 e. The normalized spacial score (nSPS) is 11.6. The van der Waals surface area contributed by atoms with Gasteiger partial charge in [-0.15, -0.1) is 0 Å². The Kier molecular flexibility index (Phi) is 5.29. The summed E-state index contributed by atoms with van der Waals surface area (Å²) in [7, 11) is 0. The molecule has 0 fully saturated rings. The van der Waals surface area contributed by atoms with E-state index < -0.39 is 6.04 Å². The zero-order chi connectivity index (χ0) is 15.1. The molecule has 0 saturated carbocycles. The summed E-state index contributed by atoms with van der Waals surface area (Å²) in [4.78, 5) is 15.7. The molecule has 108 valence electrons. The second-order valence-corrected chi connectivity index (χ2v) is 4.88. The first kappa shape index (κ1) is 15.0. The van der Waals surface area contributed by atoms with Crippen LogP contribution in [0.5, 0.6) is 0 Å². The Bertz CT molecular complexity index is 635. The van der Waals surface area contributed by atoms with E-state index in [1.54, 1.807) is 35.3 Å². The molecule has 1 aromatic heterocycles. The molecule has 0 spiro atoms. The third kappa shape index (κ3) is 4.58. The highest BCUT2D eigenvalue weighted by Gasteiger charge is 2.13. The first-order valence-electron chi connectivity index (χ1n) is 6.46. The lowest BCUT2D eigenvalue weighted by molar-refractivity contribution is -0.121. The highest BCUT2D eigenvalue weighted by atomic mass is 35.5. The molecule has 2 aromatic rings. The van der Waals surface area contributed by atoms with Crippen LogP contribution in [0.25, 0.3) is 0 Å². The lowest BCUT2D eigenvalue weighted by Gasteiger charge is -2.12. The summed E-state index contributed by atoms with van der Waals surface area (Å²) >= 11 is 5.89. The van der Waals surface area contributed by atoms with Crippen molar-refractivity contribution < 1.29 is 4.79 Å². The van der Waals surface area contributed by atoms with Gasteiger partial charge in [-0.25, -0.2) is 4.98 Å². The second kappa shape index (κ2) is 7.41. The molecule has 0 aliphatic heterocycles. The van der Waals surface area contributed by atoms with Crippen molar-refractivity contribution in [3.63, 3.8) is 0 Å². The standard InChI is InChI=1S/C14H14ClN5O/c15-12-4-1-3-11(7-12)13(8-16)19-14(21)5-2-6-20-10-17-9-18-20/h1,3-4,7,9-10,13H,2,5-6H2,(H,19,21). The molecule has 0 aliphatic rings. The van der Waals surface area contributed by atoms with E-state index >= 15 is 0 Å². The summed E-state index contributed by atoms with van der Waals surface area (Å²) in [5.41, 5.74) is 0.676. The Morgan fingerprint density at radius 2 is 2.38 bits per heavy atom. The van der Waals surface area contributed by atoms with Gasteiger partial charge >= 0.3 is 0 Å². The average molecular weight is 304 g/mol. The molecule has 1 atom stereocenters. The summed E-state index contributed by atoms with van der Waals surface area (Å²) in [6.07, 6.45) is 3.99. The van der Waals surface area contributed by atoms with E-state index in [-0.39, 0.29) is 5.91 Å². The SMILES string of the molecule is N#CC(NC(=O)CCCn1cncn1)c1cccc(Cl)c1. The van der Waals surface area contributed by atoms with Crippen molar-refractivity contribution in [2.24, 2.45) is 0 Å². The quantitative estimate of drug-likeness (QED) is 0.885. The Morgan fingerprint density at radius 1 is 1.52 bits per heavy atom. The molecule has 6 nitrogen and oxygen atoms in total. The fourth-order valence-corrected chi connectivity index (χ4v) is 2.06. The maximum absolute atomic E-state index is 11.9. The van der Waals surface area contributed by atoms with Crippen LogP contribution in [0.15, 0.2) is 36.9 Å². The van der Waals surface area contributed by atoms with Crippen molar-refractivity contribution >= 4 is 17.5 Å². The van der Waals surface area contributed by atoms with Gasteiger partial charge in [-0.3, -0.25) is 9.48 Å². The highest BCUT2D eigenvalue weighted by Crippen LogP contribution is 2.17. The molecule has 1 heterocycles. The maximum atomic E-state index is 11.9. The number of nitrogens with zero attached hydrogens (tertiary/aromatic N) is 4. The molecule has 0 saturated heterocycles. The Hall–Kier alpha value is -2.39. The second-order valence-electron chi connectivity index (χ2n) is 4.45. The lowest BCUT2D eigenvalue weighted by atomic mass is 10.1. The number of hydrogen-bond donors (Lipinski definition) is 1. The van der Waals surface area contributed by atoms with Crippen LogP contribution in [-0.4, -0.2) is 20.7 Å². The number of carbonyl (C=O) groups excluding carboxylic acids is 1. The van der Waals surface area contributed by atoms with Crippen molar-refractivity contribution in [1.82, 2.24) is 20.1 Å². The predicted molar refractivity (Wildman–Crippen MR) is 77.2 cm³/mol. The summed E-state index contributed by atoms with van der Waals surface area (Å²) in [5, 5.41) is 16.3. The Labute approximate surface area is 127 Å². The van der Waals surface area contributed by atoms with Gasteiger partial charge in [-0.05, 0) is 24.1 Å². The zero-order valence-corrected chi connectivity index (χ0v) is 12.0. The minimum atomic E-state index is -0.692. The topological polar surface area (TPSA) is 83.6 Å². The molecule has 1 unspecified atom stereocenters. The number of aryl methyl sites for hydroxylation is 1. The average Bonchev–Trinajstić information content (AvgIpc) is 2.98. The van der Waals surface area contributed by atoms with Crippen LogP contribution in [0, 0.1) is 11.3 Å². The number of benzene rings is 1. The Morgan fingerprint density at radius 3 is 3.05 bits per heavy atom. The van der Waals surface area contributed by atoms with E-state index in [2.05, 4.69) is 21.5 Å². The van der Waals surface area contributed by atoms with E-state index in [1.165, 1.54) is 6.33 Å². The lowest BCUT2D eigenvalue weighted by Crippen LogP contribution is -2.27. The largest absolute Gasteiger partial charge is 0.337 e. The fourth-order valence-electron chi connectivity index (χ4n) is 1.86. The highest BCUT2D eigenvalue weighted by molar-refractivity contribution is 6.30. The fraction of sp³-hybridized carbons (Fsp3) is 0.286. The summed E-state index contributed by atoms with van der Waals surface area (Å²) in [5.74, 6) is -0.179. The van der Waals surface area contributed by atoms with Crippen LogP contribution in [-0.2, 0) is 11.3 Å². The number of amides is 1. The monoisotopic (exact) mass is 303 g/mol. The summed E-state index contributed by atoms with van der Waals surface area (Å²) in [6, 6.07) is 8.27. The van der Waals surface area contributed by atoms with Crippen LogP contribution in [0.1, 0.15) is 24.4 Å². The Balaban J connectivity index is 1.84. The molecule has 21 heavy (non-hydrogen) atoms. The molecule has 0 aliphatic carbocycles. The van der Waals surface area contributed by atoms with Gasteiger partial charge in [0.05, 0.1) is 6.07 Å².